The van der Waals surface area contributed by atoms with Gasteiger partial charge >= 0.3 is 0 Å². The molecule has 0 aliphatic heterocycles. The number of hydrogen-bond donors (Lipinski definition) is 2. The summed E-state index contributed by atoms with van der Waals surface area (Å²) in [5, 5.41) is 18.9. The highest BCUT2D eigenvalue weighted by Crippen LogP contribution is 2.15. The summed E-state index contributed by atoms with van der Waals surface area (Å²) in [5.74, 6) is 0. The van der Waals surface area contributed by atoms with Gasteiger partial charge in [0.05, 0.1) is 28.7 Å². The Bertz CT molecular complexity index is 936. The molecule has 0 spiro atoms. The molecule has 0 saturated carbocycles. The number of nitro groups is 1. The molecule has 0 heterocycles. The predicted molar refractivity (Wildman–Crippen MR) is 108 cm³/mol. The Morgan fingerprint density at radius 3 is 1.67 bits per heavy atom. The SMILES string of the molecule is O=[N+]([O-])c1ccc(NN=Cc2ccc(C=NNc3ccccc3)cc2)cc1. The first-order chi connectivity index (χ1) is 13.2. The molecule has 7 nitrogen and oxygen atoms in total. The third-order valence-electron chi connectivity index (χ3n) is 3.60. The molecular weight excluding hydrogens is 342 g/mol. The second-order valence-corrected chi connectivity index (χ2v) is 5.58. The van der Waals surface area contributed by atoms with E-state index in [1.165, 1.54) is 12.1 Å². The van der Waals surface area contributed by atoms with Crippen molar-refractivity contribution in [1.82, 2.24) is 0 Å². The summed E-state index contributed by atoms with van der Waals surface area (Å²) in [6.07, 6.45) is 3.41. The second-order valence-electron chi connectivity index (χ2n) is 5.58. The highest BCUT2D eigenvalue weighted by Gasteiger charge is 2.02. The minimum absolute atomic E-state index is 0.0449. The van der Waals surface area contributed by atoms with E-state index in [1.54, 1.807) is 24.6 Å². The van der Waals surface area contributed by atoms with Crippen molar-refractivity contribution >= 4 is 29.5 Å². The lowest BCUT2D eigenvalue weighted by Crippen LogP contribution is -1.93. The number of hydrogen-bond acceptors (Lipinski definition) is 6. The van der Waals surface area contributed by atoms with E-state index < -0.39 is 4.92 Å². The summed E-state index contributed by atoms with van der Waals surface area (Å²) < 4.78 is 0. The standard InChI is InChI=1S/C20H17N5O2/c26-25(27)20-12-10-19(11-13-20)24-22-15-17-8-6-16(7-9-17)14-21-23-18-4-2-1-3-5-18/h1-15,23-24H. The van der Waals surface area contributed by atoms with Crippen molar-refractivity contribution in [2.45, 2.75) is 0 Å². The molecule has 0 aromatic heterocycles. The molecule has 27 heavy (non-hydrogen) atoms. The first-order valence-electron chi connectivity index (χ1n) is 8.18. The highest BCUT2D eigenvalue weighted by atomic mass is 16.6. The summed E-state index contributed by atoms with van der Waals surface area (Å²) in [5.41, 5.74) is 9.32. The van der Waals surface area contributed by atoms with E-state index in [0.717, 1.165) is 16.8 Å². The van der Waals surface area contributed by atoms with Gasteiger partial charge in [0, 0.05) is 12.1 Å². The van der Waals surface area contributed by atoms with Crippen molar-refractivity contribution in [1.29, 1.82) is 0 Å². The molecule has 3 rings (SSSR count). The molecule has 134 valence electrons. The fourth-order valence-corrected chi connectivity index (χ4v) is 2.20. The summed E-state index contributed by atoms with van der Waals surface area (Å²) in [4.78, 5) is 10.2. The van der Waals surface area contributed by atoms with Gasteiger partial charge < -0.3 is 0 Å². The Kier molecular flexibility index (Phi) is 5.88. The van der Waals surface area contributed by atoms with Crippen LogP contribution in [0.3, 0.4) is 0 Å². The van der Waals surface area contributed by atoms with E-state index in [0.29, 0.717) is 5.69 Å². The Hall–Kier alpha value is -4.00. The fourth-order valence-electron chi connectivity index (χ4n) is 2.20. The third kappa shape index (κ3) is 5.50. The highest BCUT2D eigenvalue weighted by molar-refractivity contribution is 5.84. The minimum atomic E-state index is -0.437. The lowest BCUT2D eigenvalue weighted by atomic mass is 10.2. The topological polar surface area (TPSA) is 91.9 Å². The Labute approximate surface area is 156 Å². The first-order valence-corrected chi connectivity index (χ1v) is 8.18. The van der Waals surface area contributed by atoms with Gasteiger partial charge in [-0.25, -0.2) is 0 Å². The van der Waals surface area contributed by atoms with E-state index in [1.807, 2.05) is 54.6 Å². The van der Waals surface area contributed by atoms with Crippen molar-refractivity contribution < 1.29 is 4.92 Å². The quantitative estimate of drug-likeness (QED) is 0.369. The number of nitro benzene ring substituents is 1. The molecule has 0 aliphatic rings. The van der Waals surface area contributed by atoms with Gasteiger partial charge in [-0.3, -0.25) is 21.0 Å². The van der Waals surface area contributed by atoms with Gasteiger partial charge in [-0.15, -0.1) is 0 Å². The van der Waals surface area contributed by atoms with E-state index in [2.05, 4.69) is 21.1 Å². The van der Waals surface area contributed by atoms with Crippen LogP contribution in [-0.2, 0) is 0 Å². The van der Waals surface area contributed by atoms with Gasteiger partial charge in [0.1, 0.15) is 0 Å². The maximum absolute atomic E-state index is 10.6. The van der Waals surface area contributed by atoms with Crippen LogP contribution in [0.5, 0.6) is 0 Å². The van der Waals surface area contributed by atoms with Crippen molar-refractivity contribution in [3.8, 4) is 0 Å². The van der Waals surface area contributed by atoms with E-state index in [-0.39, 0.29) is 5.69 Å². The van der Waals surface area contributed by atoms with Crippen molar-refractivity contribution in [2.24, 2.45) is 10.2 Å². The van der Waals surface area contributed by atoms with Crippen LogP contribution in [-0.4, -0.2) is 17.4 Å². The van der Waals surface area contributed by atoms with Crippen LogP contribution in [0.25, 0.3) is 0 Å². The van der Waals surface area contributed by atoms with Gasteiger partial charge in [0.15, 0.2) is 0 Å². The van der Waals surface area contributed by atoms with Gasteiger partial charge in [0.2, 0.25) is 0 Å². The van der Waals surface area contributed by atoms with Crippen molar-refractivity contribution in [3.63, 3.8) is 0 Å². The maximum atomic E-state index is 10.6. The molecule has 0 fully saturated rings. The Balaban J connectivity index is 1.52. The van der Waals surface area contributed by atoms with Gasteiger partial charge in [-0.2, -0.15) is 10.2 Å². The molecule has 0 unspecified atom stereocenters. The van der Waals surface area contributed by atoms with Crippen LogP contribution in [0.1, 0.15) is 11.1 Å². The van der Waals surface area contributed by atoms with Crippen molar-refractivity contribution in [2.75, 3.05) is 10.9 Å². The molecule has 3 aromatic rings. The lowest BCUT2D eigenvalue weighted by molar-refractivity contribution is -0.384. The fraction of sp³-hybridized carbons (Fsp3) is 0. The van der Waals surface area contributed by atoms with Crippen LogP contribution >= 0.6 is 0 Å². The van der Waals surface area contributed by atoms with E-state index in [9.17, 15) is 10.1 Å². The average molecular weight is 359 g/mol. The molecule has 0 aliphatic carbocycles. The number of non-ortho nitro benzene ring substituents is 1. The third-order valence-corrected chi connectivity index (χ3v) is 3.60. The van der Waals surface area contributed by atoms with Crippen LogP contribution in [0, 0.1) is 10.1 Å². The summed E-state index contributed by atoms with van der Waals surface area (Å²) in [6, 6.07) is 23.5. The molecule has 0 bridgehead atoms. The second kappa shape index (κ2) is 8.91. The largest absolute Gasteiger partial charge is 0.279 e. The maximum Gasteiger partial charge on any atom is 0.269 e. The van der Waals surface area contributed by atoms with E-state index >= 15 is 0 Å². The van der Waals surface area contributed by atoms with Gasteiger partial charge in [-0.05, 0) is 35.4 Å². The van der Waals surface area contributed by atoms with Crippen LogP contribution < -0.4 is 10.9 Å². The summed E-state index contributed by atoms with van der Waals surface area (Å²) in [7, 11) is 0. The zero-order valence-corrected chi connectivity index (χ0v) is 14.3. The number of nitrogens with one attached hydrogen (secondary N) is 2. The van der Waals surface area contributed by atoms with Crippen LogP contribution in [0.2, 0.25) is 0 Å². The molecule has 0 amide bonds. The number of hydrazone groups is 2. The zero-order valence-electron chi connectivity index (χ0n) is 14.3. The zero-order chi connectivity index (χ0) is 18.9. The molecule has 3 aromatic carbocycles. The minimum Gasteiger partial charge on any atom is -0.279 e. The van der Waals surface area contributed by atoms with Gasteiger partial charge in [0.25, 0.3) is 5.69 Å². The normalized spacial score (nSPS) is 11.0. The summed E-state index contributed by atoms with van der Waals surface area (Å²) >= 11 is 0. The molecule has 7 heteroatoms. The molecular formula is C20H17N5O2. The lowest BCUT2D eigenvalue weighted by Gasteiger charge is -2.00. The smallest absolute Gasteiger partial charge is 0.269 e. The molecule has 0 radical (unpaired) electrons. The number of para-hydroxylation sites is 1. The number of benzene rings is 3. The number of anilines is 2. The average Bonchev–Trinajstić information content (AvgIpc) is 2.70. The predicted octanol–water partition coefficient (Wildman–Crippen LogP) is 4.49. The van der Waals surface area contributed by atoms with Crippen LogP contribution in [0.4, 0.5) is 17.1 Å². The van der Waals surface area contributed by atoms with E-state index in [4.69, 9.17) is 0 Å². The molecule has 0 saturated heterocycles. The Morgan fingerprint density at radius 2 is 1.19 bits per heavy atom. The molecule has 0 atom stereocenters. The Morgan fingerprint density at radius 1 is 0.704 bits per heavy atom. The monoisotopic (exact) mass is 359 g/mol. The number of rotatable bonds is 7. The van der Waals surface area contributed by atoms with Crippen molar-refractivity contribution in [3.05, 3.63) is 100 Å². The number of nitrogens with zero attached hydrogens (tertiary/aromatic N) is 3. The molecule has 2 N–H and O–H groups in total. The summed E-state index contributed by atoms with van der Waals surface area (Å²) in [6.45, 7) is 0. The van der Waals surface area contributed by atoms with Gasteiger partial charge in [-0.1, -0.05) is 42.5 Å². The first kappa shape index (κ1) is 17.8. The van der Waals surface area contributed by atoms with Crippen LogP contribution in [0.15, 0.2) is 89.1 Å².